The maximum Gasteiger partial charge on any atom is 0.234 e. The summed E-state index contributed by atoms with van der Waals surface area (Å²) in [7, 11) is 0. The van der Waals surface area contributed by atoms with Crippen molar-refractivity contribution in [2.24, 2.45) is 0 Å². The summed E-state index contributed by atoms with van der Waals surface area (Å²) in [6, 6.07) is 0. The van der Waals surface area contributed by atoms with Gasteiger partial charge in [-0.05, 0) is 6.54 Å². The summed E-state index contributed by atoms with van der Waals surface area (Å²) in [5, 5.41) is 13.0. The zero-order valence-electron chi connectivity index (χ0n) is 8.80. The third-order valence-corrected chi connectivity index (χ3v) is 1.41. The van der Waals surface area contributed by atoms with Crippen molar-refractivity contribution in [3.63, 3.8) is 0 Å². The predicted octanol–water partition coefficient (Wildman–Crippen LogP) is 2.05. The van der Waals surface area contributed by atoms with Crippen LogP contribution in [0.5, 0.6) is 0 Å². The second-order valence-corrected chi connectivity index (χ2v) is 2.63. The van der Waals surface area contributed by atoms with Crippen LogP contribution in [0.3, 0.4) is 0 Å². The molecule has 0 aliphatic heterocycles. The number of allylic oxidation sites excluding steroid dienone is 6. The lowest BCUT2D eigenvalue weighted by Crippen LogP contribution is -2.11. The predicted molar refractivity (Wildman–Crippen MR) is 62.1 cm³/mol. The van der Waals surface area contributed by atoms with Crippen molar-refractivity contribution in [2.75, 3.05) is 13.1 Å². The van der Waals surface area contributed by atoms with Gasteiger partial charge in [0.25, 0.3) is 0 Å². The van der Waals surface area contributed by atoms with Gasteiger partial charge < -0.3 is 5.32 Å². The molecular formula is C11H16N2O2. The number of hydrogen-bond acceptors (Lipinski definition) is 3. The molecule has 0 atom stereocenters. The van der Waals surface area contributed by atoms with Gasteiger partial charge >= 0.3 is 0 Å². The lowest BCUT2D eigenvalue weighted by Gasteiger charge is -1.90. The van der Waals surface area contributed by atoms with Gasteiger partial charge in [-0.3, -0.25) is 10.1 Å². The van der Waals surface area contributed by atoms with Gasteiger partial charge in [0.2, 0.25) is 6.20 Å². The van der Waals surface area contributed by atoms with Crippen LogP contribution in [0.1, 0.15) is 6.92 Å². The molecule has 0 aromatic heterocycles. The number of nitrogens with zero attached hydrogens (tertiary/aromatic N) is 1. The molecule has 0 bridgehead atoms. The fourth-order valence-corrected chi connectivity index (χ4v) is 0.751. The van der Waals surface area contributed by atoms with E-state index < -0.39 is 4.92 Å². The van der Waals surface area contributed by atoms with Crippen LogP contribution in [0, 0.1) is 10.1 Å². The molecule has 0 spiro atoms. The van der Waals surface area contributed by atoms with E-state index in [-0.39, 0.29) is 0 Å². The molecule has 0 aliphatic rings. The fraction of sp³-hybridized carbons (Fsp3) is 0.273. The molecule has 0 fully saturated rings. The van der Waals surface area contributed by atoms with Crippen LogP contribution in [-0.4, -0.2) is 18.0 Å². The first-order valence-corrected chi connectivity index (χ1v) is 4.78. The van der Waals surface area contributed by atoms with Gasteiger partial charge in [-0.2, -0.15) is 0 Å². The minimum Gasteiger partial charge on any atom is -0.314 e. The van der Waals surface area contributed by atoms with E-state index in [2.05, 4.69) is 5.32 Å². The lowest BCUT2D eigenvalue weighted by molar-refractivity contribution is -0.402. The van der Waals surface area contributed by atoms with Crippen molar-refractivity contribution < 1.29 is 4.92 Å². The molecule has 0 aromatic carbocycles. The van der Waals surface area contributed by atoms with Crippen LogP contribution in [0.4, 0.5) is 0 Å². The van der Waals surface area contributed by atoms with Gasteiger partial charge in [-0.15, -0.1) is 0 Å². The van der Waals surface area contributed by atoms with Crippen LogP contribution in [0.15, 0.2) is 48.7 Å². The molecule has 4 heteroatoms. The summed E-state index contributed by atoms with van der Waals surface area (Å²) >= 11 is 0. The fourth-order valence-electron chi connectivity index (χ4n) is 0.751. The number of hydrogen-bond donors (Lipinski definition) is 1. The molecule has 0 unspecified atom stereocenters. The molecule has 0 saturated heterocycles. The second-order valence-electron chi connectivity index (χ2n) is 2.63. The van der Waals surface area contributed by atoms with E-state index >= 15 is 0 Å². The Labute approximate surface area is 89.8 Å². The van der Waals surface area contributed by atoms with Gasteiger partial charge in [0.1, 0.15) is 0 Å². The maximum absolute atomic E-state index is 9.88. The van der Waals surface area contributed by atoms with Crippen LogP contribution >= 0.6 is 0 Å². The Balaban J connectivity index is 3.61. The summed E-state index contributed by atoms with van der Waals surface area (Å²) in [5.41, 5.74) is 0. The number of rotatable bonds is 7. The molecule has 0 rings (SSSR count). The highest BCUT2D eigenvalue weighted by Crippen LogP contribution is 1.82. The molecule has 1 N–H and O–H groups in total. The summed E-state index contributed by atoms with van der Waals surface area (Å²) in [5.74, 6) is 0. The van der Waals surface area contributed by atoms with E-state index in [0.29, 0.717) is 0 Å². The first-order chi connectivity index (χ1) is 7.27. The average molecular weight is 208 g/mol. The average Bonchev–Trinajstić information content (AvgIpc) is 2.20. The highest BCUT2D eigenvalue weighted by atomic mass is 16.6. The molecule has 0 heterocycles. The topological polar surface area (TPSA) is 55.2 Å². The van der Waals surface area contributed by atoms with Crippen molar-refractivity contribution in [1.29, 1.82) is 0 Å². The molecular weight excluding hydrogens is 192 g/mol. The Hall–Kier alpha value is -1.68. The summed E-state index contributed by atoms with van der Waals surface area (Å²) in [6.45, 7) is 3.86. The highest BCUT2D eigenvalue weighted by molar-refractivity contribution is 5.14. The Bertz CT molecular complexity index is 278. The van der Waals surface area contributed by atoms with Crippen molar-refractivity contribution >= 4 is 0 Å². The molecule has 82 valence electrons. The van der Waals surface area contributed by atoms with Crippen LogP contribution < -0.4 is 5.32 Å². The van der Waals surface area contributed by atoms with E-state index in [4.69, 9.17) is 0 Å². The minimum atomic E-state index is -0.496. The van der Waals surface area contributed by atoms with Crippen LogP contribution in [0.2, 0.25) is 0 Å². The van der Waals surface area contributed by atoms with Crippen LogP contribution in [-0.2, 0) is 0 Å². The minimum absolute atomic E-state index is 0.496. The Morgan fingerprint density at radius 3 is 2.33 bits per heavy atom. The quantitative estimate of drug-likeness (QED) is 0.301. The SMILES string of the molecule is CCNC\C=C/C=C/C=C/C=C/[N+](=O)[O-]. The van der Waals surface area contributed by atoms with Gasteiger partial charge in [-0.25, -0.2) is 0 Å². The van der Waals surface area contributed by atoms with E-state index in [0.717, 1.165) is 19.3 Å². The number of likely N-dealkylation sites (N-methyl/N-ethyl adjacent to an activating group) is 1. The van der Waals surface area contributed by atoms with E-state index in [1.807, 2.05) is 31.2 Å². The molecule has 0 aliphatic carbocycles. The largest absolute Gasteiger partial charge is 0.314 e. The van der Waals surface area contributed by atoms with Gasteiger partial charge in [0.05, 0.1) is 4.92 Å². The van der Waals surface area contributed by atoms with Gasteiger partial charge in [0, 0.05) is 12.6 Å². The smallest absolute Gasteiger partial charge is 0.234 e. The summed E-state index contributed by atoms with van der Waals surface area (Å²) < 4.78 is 0. The normalized spacial score (nSPS) is 12.6. The molecule has 4 nitrogen and oxygen atoms in total. The number of nitro groups is 1. The summed E-state index contributed by atoms with van der Waals surface area (Å²) in [4.78, 5) is 9.39. The molecule has 0 radical (unpaired) electrons. The van der Waals surface area contributed by atoms with Crippen LogP contribution in [0.25, 0.3) is 0 Å². The van der Waals surface area contributed by atoms with E-state index in [9.17, 15) is 10.1 Å². The Morgan fingerprint density at radius 2 is 1.73 bits per heavy atom. The summed E-state index contributed by atoms with van der Waals surface area (Å²) in [6.07, 6.45) is 13.2. The first kappa shape index (κ1) is 13.3. The van der Waals surface area contributed by atoms with E-state index in [1.54, 1.807) is 12.2 Å². The van der Waals surface area contributed by atoms with Crippen molar-refractivity contribution in [1.82, 2.24) is 5.32 Å². The Kier molecular flexibility index (Phi) is 9.24. The molecule has 15 heavy (non-hydrogen) atoms. The monoisotopic (exact) mass is 208 g/mol. The maximum atomic E-state index is 9.88. The standard InChI is InChI=1S/C11H16N2O2/c1-2-12-10-8-6-4-3-5-7-9-11-13(14)15/h3-9,11-12H,2,10H2,1H3/b4-3+,7-5+,8-6-,11-9+. The third-order valence-electron chi connectivity index (χ3n) is 1.41. The lowest BCUT2D eigenvalue weighted by atomic mass is 10.4. The van der Waals surface area contributed by atoms with Gasteiger partial charge in [0.15, 0.2) is 0 Å². The van der Waals surface area contributed by atoms with Crippen molar-refractivity contribution in [2.45, 2.75) is 6.92 Å². The molecule has 0 amide bonds. The molecule has 0 saturated carbocycles. The van der Waals surface area contributed by atoms with Gasteiger partial charge in [-0.1, -0.05) is 43.4 Å². The zero-order valence-corrected chi connectivity index (χ0v) is 8.80. The highest BCUT2D eigenvalue weighted by Gasteiger charge is 1.77. The second kappa shape index (κ2) is 10.4. The molecule has 0 aromatic rings. The third kappa shape index (κ3) is 12.3. The van der Waals surface area contributed by atoms with E-state index in [1.165, 1.54) is 6.08 Å². The van der Waals surface area contributed by atoms with Crippen molar-refractivity contribution in [3.05, 3.63) is 58.8 Å². The zero-order chi connectivity index (χ0) is 11.4. The van der Waals surface area contributed by atoms with Crippen molar-refractivity contribution in [3.8, 4) is 0 Å². The number of nitrogens with one attached hydrogen (secondary N) is 1. The first-order valence-electron chi connectivity index (χ1n) is 4.78. The Morgan fingerprint density at radius 1 is 1.13 bits per heavy atom.